The van der Waals surface area contributed by atoms with Crippen LogP contribution in [0.25, 0.3) is 0 Å². The van der Waals surface area contributed by atoms with E-state index in [1.165, 1.54) is 30.2 Å². The molecule has 3 aromatic rings. The second-order valence-corrected chi connectivity index (χ2v) is 12.0. The van der Waals surface area contributed by atoms with E-state index in [1.54, 1.807) is 0 Å². The zero-order chi connectivity index (χ0) is 29.8. The fourth-order valence-electron chi connectivity index (χ4n) is 6.79. The number of nitrogens with one attached hydrogen (secondary N) is 1. The molecule has 3 amide bonds. The highest BCUT2D eigenvalue weighted by atomic mass is 35.5. The molecule has 3 aromatic carbocycles. The number of methoxy groups -OCH3 is 1. The molecule has 0 unspecified atom stereocenters. The lowest BCUT2D eigenvalue weighted by molar-refractivity contribution is -0.383. The topological polar surface area (TPSA) is 119 Å². The lowest BCUT2D eigenvalue weighted by Crippen LogP contribution is -2.57. The summed E-state index contributed by atoms with van der Waals surface area (Å²) in [6, 6.07) is 19.1. The predicted molar refractivity (Wildman–Crippen MR) is 157 cm³/mol. The van der Waals surface area contributed by atoms with Crippen LogP contribution in [0.5, 0.6) is 5.75 Å². The van der Waals surface area contributed by atoms with Gasteiger partial charge in [0.2, 0.25) is 17.7 Å². The van der Waals surface area contributed by atoms with E-state index in [1.807, 2.05) is 48.5 Å². The summed E-state index contributed by atoms with van der Waals surface area (Å²) >= 11 is 14.9. The number of carbonyl (C=O) groups excluding carboxylic acids is 3. The van der Waals surface area contributed by atoms with Crippen molar-refractivity contribution in [3.8, 4) is 5.75 Å². The molecule has 2 bridgehead atoms. The molecule has 2 atom stereocenters. The van der Waals surface area contributed by atoms with Crippen LogP contribution in [0, 0.1) is 22.0 Å². The predicted octanol–water partition coefficient (Wildman–Crippen LogP) is 5.70. The van der Waals surface area contributed by atoms with Crippen LogP contribution in [0.2, 0.25) is 0 Å². The Bertz CT molecular complexity index is 1520. The van der Waals surface area contributed by atoms with Crippen LogP contribution in [-0.2, 0) is 24.1 Å². The fraction of sp³-hybridized carbons (Fsp3) is 0.323. The van der Waals surface area contributed by atoms with E-state index in [2.05, 4.69) is 5.32 Å². The third-order valence-electron chi connectivity index (χ3n) is 8.64. The van der Waals surface area contributed by atoms with Crippen LogP contribution >= 0.6 is 23.2 Å². The molecule has 0 aromatic heterocycles. The maximum Gasteiger partial charge on any atom is 0.293 e. The number of alkyl halides is 2. The average molecular weight is 608 g/mol. The summed E-state index contributed by atoms with van der Waals surface area (Å²) in [4.78, 5) is 49.8. The van der Waals surface area contributed by atoms with E-state index in [-0.39, 0.29) is 42.1 Å². The summed E-state index contributed by atoms with van der Waals surface area (Å²) < 4.78 is 5.10. The van der Waals surface area contributed by atoms with Crippen molar-refractivity contribution in [1.82, 2.24) is 4.90 Å². The minimum absolute atomic E-state index is 0.0573. The molecule has 216 valence electrons. The van der Waals surface area contributed by atoms with E-state index < -0.39 is 26.5 Å². The van der Waals surface area contributed by atoms with Crippen LogP contribution in [0.4, 0.5) is 11.4 Å². The monoisotopic (exact) mass is 607 g/mol. The largest absolute Gasteiger partial charge is 0.497 e. The highest BCUT2D eigenvalue weighted by Crippen LogP contribution is 2.69. The zero-order valence-electron chi connectivity index (χ0n) is 22.6. The van der Waals surface area contributed by atoms with Crippen molar-refractivity contribution in [3.05, 3.63) is 99.1 Å². The van der Waals surface area contributed by atoms with Crippen molar-refractivity contribution in [1.29, 1.82) is 0 Å². The molecule has 9 nitrogen and oxygen atoms in total. The standard InChI is InChI=1S/C31H27Cl2N3O6/c1-42-18-14-15-24(36(40)41)23(17-18)34-25(37)13-3-2-8-16-35-28(38)26-27(29(35)39)31(33)20-10-5-4-9-19(20)30(26,32)21-11-6-7-12-22(21)31/h4-7,9-12,14-15,17,26-27H,2-3,8,13,16H2,1H3,(H,34,37)/t26-,27-,30?,31?/m0/s1. The summed E-state index contributed by atoms with van der Waals surface area (Å²) in [5, 5.41) is 13.9. The van der Waals surface area contributed by atoms with Crippen molar-refractivity contribution in [2.24, 2.45) is 11.8 Å². The normalized spacial score (nSPS) is 25.1. The first-order chi connectivity index (χ1) is 20.1. The number of unbranched alkanes of at least 4 members (excludes halogenated alkanes) is 2. The van der Waals surface area contributed by atoms with Gasteiger partial charge in [-0.25, -0.2) is 0 Å². The van der Waals surface area contributed by atoms with Gasteiger partial charge in [0.1, 0.15) is 21.2 Å². The third kappa shape index (κ3) is 4.01. The fourth-order valence-corrected chi connectivity index (χ4v) is 7.89. The van der Waals surface area contributed by atoms with Crippen LogP contribution in [0.1, 0.15) is 47.9 Å². The number of amides is 3. The van der Waals surface area contributed by atoms with Gasteiger partial charge in [0.05, 0.1) is 23.9 Å². The maximum absolute atomic E-state index is 13.9. The summed E-state index contributed by atoms with van der Waals surface area (Å²) in [6.07, 6.45) is 1.61. The number of benzene rings is 3. The van der Waals surface area contributed by atoms with Crippen molar-refractivity contribution >= 4 is 52.3 Å². The Hall–Kier alpha value is -3.95. The molecule has 3 aliphatic carbocycles. The second kappa shape index (κ2) is 10.4. The van der Waals surface area contributed by atoms with Crippen LogP contribution in [0.15, 0.2) is 66.7 Å². The van der Waals surface area contributed by atoms with Gasteiger partial charge in [0.25, 0.3) is 5.69 Å². The zero-order valence-corrected chi connectivity index (χ0v) is 24.2. The molecular weight excluding hydrogens is 581 g/mol. The number of nitro benzene ring substituents is 1. The number of halogens is 2. The van der Waals surface area contributed by atoms with Gasteiger partial charge in [0, 0.05) is 25.1 Å². The number of nitrogens with zero attached hydrogens (tertiary/aromatic N) is 2. The molecule has 0 radical (unpaired) electrons. The van der Waals surface area contributed by atoms with Gasteiger partial charge in [-0.15, -0.1) is 23.2 Å². The van der Waals surface area contributed by atoms with Gasteiger partial charge in [-0.1, -0.05) is 55.0 Å². The molecule has 1 N–H and O–H groups in total. The van der Waals surface area contributed by atoms with Gasteiger partial charge in [0.15, 0.2) is 0 Å². The van der Waals surface area contributed by atoms with Gasteiger partial charge in [-0.05, 0) is 41.2 Å². The Morgan fingerprint density at radius 3 is 1.90 bits per heavy atom. The summed E-state index contributed by atoms with van der Waals surface area (Å²) in [5.74, 6) is -2.34. The number of ether oxygens (including phenoxy) is 1. The number of hydrogen-bond donors (Lipinski definition) is 1. The number of likely N-dealkylation sites (tertiary alicyclic amines) is 1. The quantitative estimate of drug-likeness (QED) is 0.110. The summed E-state index contributed by atoms with van der Waals surface area (Å²) in [5.41, 5.74) is 2.85. The third-order valence-corrected chi connectivity index (χ3v) is 9.92. The van der Waals surface area contributed by atoms with Crippen molar-refractivity contribution in [2.45, 2.75) is 35.4 Å². The first-order valence-corrected chi connectivity index (χ1v) is 14.4. The van der Waals surface area contributed by atoms with E-state index in [9.17, 15) is 24.5 Å². The van der Waals surface area contributed by atoms with Crippen LogP contribution in [0.3, 0.4) is 0 Å². The molecule has 1 aliphatic heterocycles. The SMILES string of the molecule is COc1ccc([N+](=O)[O-])c(NC(=O)CCCCCN2C(=O)[C@@H]3[C@@H](C2=O)C2(Cl)c4ccccc4C3(Cl)c3ccccc32)c1. The first kappa shape index (κ1) is 28.2. The van der Waals surface area contributed by atoms with E-state index in [0.29, 0.717) is 25.0 Å². The molecule has 1 saturated heterocycles. The van der Waals surface area contributed by atoms with E-state index >= 15 is 0 Å². The average Bonchev–Trinajstić information content (AvgIpc) is 3.25. The van der Waals surface area contributed by atoms with Crippen molar-refractivity contribution in [2.75, 3.05) is 19.0 Å². The van der Waals surface area contributed by atoms with Crippen LogP contribution < -0.4 is 10.1 Å². The highest BCUT2D eigenvalue weighted by Gasteiger charge is 2.72. The summed E-state index contributed by atoms with van der Waals surface area (Å²) in [6.45, 7) is 0.181. The smallest absolute Gasteiger partial charge is 0.293 e. The maximum atomic E-state index is 13.9. The molecule has 1 fully saturated rings. The Morgan fingerprint density at radius 2 is 1.43 bits per heavy atom. The van der Waals surface area contributed by atoms with E-state index in [4.69, 9.17) is 27.9 Å². The van der Waals surface area contributed by atoms with E-state index in [0.717, 1.165) is 22.3 Å². The number of carbonyl (C=O) groups is 3. The lowest BCUT2D eigenvalue weighted by atomic mass is 9.54. The number of imide groups is 1. The second-order valence-electron chi connectivity index (χ2n) is 10.8. The summed E-state index contributed by atoms with van der Waals surface area (Å²) in [7, 11) is 1.43. The number of rotatable bonds is 9. The lowest BCUT2D eigenvalue weighted by Gasteiger charge is -2.54. The van der Waals surface area contributed by atoms with Crippen molar-refractivity contribution in [3.63, 3.8) is 0 Å². The minimum Gasteiger partial charge on any atom is -0.497 e. The molecule has 11 heteroatoms. The Labute approximate surface area is 251 Å². The van der Waals surface area contributed by atoms with Gasteiger partial charge < -0.3 is 10.1 Å². The molecule has 42 heavy (non-hydrogen) atoms. The molecule has 4 aliphatic rings. The van der Waals surface area contributed by atoms with Gasteiger partial charge in [-0.3, -0.25) is 29.4 Å². The molecular formula is C31H27Cl2N3O6. The Balaban J connectivity index is 1.13. The first-order valence-electron chi connectivity index (χ1n) is 13.7. The van der Waals surface area contributed by atoms with Crippen LogP contribution in [-0.4, -0.2) is 41.2 Å². The molecule has 0 saturated carbocycles. The van der Waals surface area contributed by atoms with Crippen molar-refractivity contribution < 1.29 is 24.0 Å². The number of nitro groups is 1. The molecule has 7 rings (SSSR count). The number of anilines is 1. The number of hydrogen-bond acceptors (Lipinski definition) is 6. The Morgan fingerprint density at radius 1 is 0.905 bits per heavy atom. The molecule has 1 heterocycles. The highest BCUT2D eigenvalue weighted by molar-refractivity contribution is 6.36. The van der Waals surface area contributed by atoms with Gasteiger partial charge in [-0.2, -0.15) is 0 Å². The molecule has 0 spiro atoms. The van der Waals surface area contributed by atoms with Gasteiger partial charge >= 0.3 is 0 Å². The minimum atomic E-state index is -1.21. The Kier molecular flexibility index (Phi) is 6.98.